The van der Waals surface area contributed by atoms with Crippen LogP contribution >= 0.6 is 0 Å². The molecule has 2 atom stereocenters. The highest BCUT2D eigenvalue weighted by Crippen LogP contribution is 2.47. The summed E-state index contributed by atoms with van der Waals surface area (Å²) in [5.41, 5.74) is 6.09. The molecule has 190 valence electrons. The molecule has 5 heteroatoms. The lowest BCUT2D eigenvalue weighted by atomic mass is 9.77. The van der Waals surface area contributed by atoms with Gasteiger partial charge in [0.2, 0.25) is 5.91 Å². The van der Waals surface area contributed by atoms with Crippen molar-refractivity contribution in [3.8, 4) is 0 Å². The zero-order valence-corrected chi connectivity index (χ0v) is 21.8. The number of carbonyl (C=O) groups is 2. The molecule has 1 aliphatic carbocycles. The highest BCUT2D eigenvalue weighted by atomic mass is 19.1. The van der Waals surface area contributed by atoms with Gasteiger partial charge >= 0.3 is 0 Å². The summed E-state index contributed by atoms with van der Waals surface area (Å²) in [4.78, 5) is 29.1. The van der Waals surface area contributed by atoms with Crippen molar-refractivity contribution >= 4 is 23.1 Å². The number of allylic oxidation sites excluding steroid dienone is 1. The van der Waals surface area contributed by atoms with Crippen LogP contribution in [-0.4, -0.2) is 11.7 Å². The molecule has 1 amide bonds. The zero-order chi connectivity index (χ0) is 26.3. The number of para-hydroxylation sites is 2. The van der Waals surface area contributed by atoms with Crippen LogP contribution in [0.4, 0.5) is 15.8 Å². The van der Waals surface area contributed by atoms with Crippen molar-refractivity contribution in [2.45, 2.75) is 64.3 Å². The molecule has 0 bridgehead atoms. The van der Waals surface area contributed by atoms with Gasteiger partial charge in [0.1, 0.15) is 5.82 Å². The van der Waals surface area contributed by atoms with Gasteiger partial charge in [0.15, 0.2) is 5.78 Å². The lowest BCUT2D eigenvalue weighted by molar-refractivity contribution is -0.119. The van der Waals surface area contributed by atoms with Gasteiger partial charge in [-0.3, -0.25) is 14.5 Å². The Morgan fingerprint density at radius 2 is 1.59 bits per heavy atom. The molecule has 3 aromatic carbocycles. The van der Waals surface area contributed by atoms with Gasteiger partial charge < -0.3 is 5.32 Å². The van der Waals surface area contributed by atoms with E-state index in [4.69, 9.17) is 0 Å². The van der Waals surface area contributed by atoms with E-state index in [9.17, 15) is 14.0 Å². The summed E-state index contributed by atoms with van der Waals surface area (Å²) in [7, 11) is 0. The van der Waals surface area contributed by atoms with Crippen molar-refractivity contribution in [3.63, 3.8) is 0 Å². The molecule has 37 heavy (non-hydrogen) atoms. The van der Waals surface area contributed by atoms with Crippen LogP contribution in [0.1, 0.15) is 75.6 Å². The quantitative estimate of drug-likeness (QED) is 0.410. The Morgan fingerprint density at radius 3 is 2.24 bits per heavy atom. The maximum Gasteiger partial charge on any atom is 0.227 e. The molecular weight excluding hydrogens is 463 g/mol. The van der Waals surface area contributed by atoms with Gasteiger partial charge in [0, 0.05) is 24.1 Å². The van der Waals surface area contributed by atoms with Gasteiger partial charge in [-0.2, -0.15) is 0 Å². The Morgan fingerprint density at radius 1 is 0.946 bits per heavy atom. The monoisotopic (exact) mass is 496 g/mol. The summed E-state index contributed by atoms with van der Waals surface area (Å²) in [6, 6.07) is 21.8. The first-order valence-corrected chi connectivity index (χ1v) is 13.0. The molecule has 1 heterocycles. The number of nitrogens with zero attached hydrogens (tertiary/aromatic N) is 1. The third-order valence-electron chi connectivity index (χ3n) is 7.49. The van der Waals surface area contributed by atoms with Crippen LogP contribution in [0.5, 0.6) is 0 Å². The molecule has 2 unspecified atom stereocenters. The average Bonchev–Trinajstić information content (AvgIpc) is 3.03. The topological polar surface area (TPSA) is 49.4 Å². The first-order valence-electron chi connectivity index (χ1n) is 13.0. The summed E-state index contributed by atoms with van der Waals surface area (Å²) in [5, 5.41) is 3.54. The number of hydrogen-bond acceptors (Lipinski definition) is 3. The Balaban J connectivity index is 1.64. The van der Waals surface area contributed by atoms with E-state index in [1.807, 2.05) is 31.2 Å². The molecule has 0 fully saturated rings. The minimum atomic E-state index is -0.629. The minimum absolute atomic E-state index is 0.00896. The van der Waals surface area contributed by atoms with Crippen LogP contribution in [-0.2, 0) is 15.0 Å². The molecule has 1 aliphatic heterocycles. The molecule has 1 N–H and O–H groups in total. The van der Waals surface area contributed by atoms with Crippen molar-refractivity contribution in [1.29, 1.82) is 0 Å². The van der Waals surface area contributed by atoms with Gasteiger partial charge in [-0.25, -0.2) is 4.39 Å². The first kappa shape index (κ1) is 24.9. The number of nitrogens with one attached hydrogen (secondary N) is 1. The van der Waals surface area contributed by atoms with Crippen LogP contribution in [0.2, 0.25) is 0 Å². The van der Waals surface area contributed by atoms with Crippen LogP contribution < -0.4 is 10.2 Å². The maximum absolute atomic E-state index is 13.9. The maximum atomic E-state index is 13.9. The predicted octanol–water partition coefficient (Wildman–Crippen LogP) is 7.43. The van der Waals surface area contributed by atoms with Crippen LogP contribution in [0, 0.1) is 5.82 Å². The number of amides is 1. The highest BCUT2D eigenvalue weighted by molar-refractivity contribution is 6.06. The van der Waals surface area contributed by atoms with Crippen molar-refractivity contribution in [1.82, 2.24) is 0 Å². The Bertz CT molecular complexity index is 1370. The van der Waals surface area contributed by atoms with Crippen LogP contribution in [0.25, 0.3) is 0 Å². The fraction of sp³-hybridized carbons (Fsp3) is 0.312. The third-order valence-corrected chi connectivity index (χ3v) is 7.49. The van der Waals surface area contributed by atoms with Crippen molar-refractivity contribution in [3.05, 3.63) is 107 Å². The summed E-state index contributed by atoms with van der Waals surface area (Å²) in [6.07, 6.45) is 1.29. The van der Waals surface area contributed by atoms with Gasteiger partial charge in [0.25, 0.3) is 0 Å². The molecule has 4 nitrogen and oxygen atoms in total. The van der Waals surface area contributed by atoms with E-state index in [2.05, 4.69) is 50.4 Å². The minimum Gasteiger partial charge on any atom is -0.357 e. The second-order valence-electron chi connectivity index (χ2n) is 11.0. The van der Waals surface area contributed by atoms with E-state index in [-0.39, 0.29) is 35.3 Å². The van der Waals surface area contributed by atoms with E-state index < -0.39 is 6.04 Å². The predicted molar refractivity (Wildman–Crippen MR) is 146 cm³/mol. The molecule has 0 aromatic heterocycles. The normalized spacial score (nSPS) is 19.6. The Kier molecular flexibility index (Phi) is 6.49. The first-order chi connectivity index (χ1) is 17.7. The Labute approximate surface area is 218 Å². The molecule has 2 aliphatic rings. The largest absolute Gasteiger partial charge is 0.357 e. The summed E-state index contributed by atoms with van der Waals surface area (Å²) >= 11 is 0. The Hall–Kier alpha value is -3.73. The van der Waals surface area contributed by atoms with Crippen molar-refractivity contribution in [2.75, 3.05) is 10.2 Å². The molecule has 0 radical (unpaired) electrons. The van der Waals surface area contributed by atoms with Gasteiger partial charge in [-0.1, -0.05) is 76.2 Å². The third kappa shape index (κ3) is 4.71. The number of carbonyl (C=O) groups excluding carboxylic acids is 2. The smallest absolute Gasteiger partial charge is 0.227 e. The van der Waals surface area contributed by atoms with Crippen LogP contribution in [0.15, 0.2) is 84.1 Å². The summed E-state index contributed by atoms with van der Waals surface area (Å²) in [6.45, 7) is 8.39. The SMILES string of the molecule is CCC(=O)N1c2ccccc2NC2=C(C(=O)CC(c3ccc(C(C)(C)C)cc3)C2)C1c1ccc(F)cc1. The highest BCUT2D eigenvalue weighted by Gasteiger charge is 2.41. The fourth-order valence-electron chi connectivity index (χ4n) is 5.49. The summed E-state index contributed by atoms with van der Waals surface area (Å²) in [5.74, 6) is -0.408. The van der Waals surface area contributed by atoms with Crippen molar-refractivity contribution in [2.24, 2.45) is 0 Å². The number of halogens is 1. The van der Waals surface area contributed by atoms with E-state index in [0.29, 0.717) is 18.4 Å². The molecule has 0 spiro atoms. The lowest BCUT2D eigenvalue weighted by Crippen LogP contribution is -2.38. The summed E-state index contributed by atoms with van der Waals surface area (Å²) < 4.78 is 13.9. The number of anilines is 2. The van der Waals surface area contributed by atoms with E-state index in [0.717, 1.165) is 28.2 Å². The average molecular weight is 497 g/mol. The molecule has 3 aromatic rings. The van der Waals surface area contributed by atoms with Gasteiger partial charge in [-0.15, -0.1) is 0 Å². The zero-order valence-electron chi connectivity index (χ0n) is 21.8. The van der Waals surface area contributed by atoms with E-state index in [1.54, 1.807) is 17.0 Å². The molecule has 0 saturated heterocycles. The molecule has 5 rings (SSSR count). The van der Waals surface area contributed by atoms with E-state index in [1.165, 1.54) is 17.7 Å². The number of fused-ring (bicyclic) bond motifs is 1. The van der Waals surface area contributed by atoms with Gasteiger partial charge in [0.05, 0.1) is 17.4 Å². The second kappa shape index (κ2) is 9.62. The van der Waals surface area contributed by atoms with Crippen molar-refractivity contribution < 1.29 is 14.0 Å². The number of ketones is 1. The molecular formula is C32H33FN2O2. The lowest BCUT2D eigenvalue weighted by Gasteiger charge is -2.35. The number of rotatable bonds is 3. The number of Topliss-reactive ketones (excluding diaryl/α,β-unsaturated/α-hetero) is 1. The standard InChI is InChI=1S/C32H33FN2O2/c1-5-29(37)35-27-9-7-6-8-25(27)34-26-18-22(20-10-14-23(15-11-20)32(2,3)4)19-28(36)30(26)31(35)21-12-16-24(33)17-13-21/h6-17,22,31,34H,5,18-19H2,1-4H3. The second-order valence-corrected chi connectivity index (χ2v) is 11.0. The molecule has 0 saturated carbocycles. The van der Waals surface area contributed by atoms with Crippen LogP contribution in [0.3, 0.4) is 0 Å². The van der Waals surface area contributed by atoms with Gasteiger partial charge in [-0.05, 0) is 58.7 Å². The fourth-order valence-corrected chi connectivity index (χ4v) is 5.49. The number of hydrogen-bond donors (Lipinski definition) is 1. The van der Waals surface area contributed by atoms with E-state index >= 15 is 0 Å². The number of benzene rings is 3.